The summed E-state index contributed by atoms with van der Waals surface area (Å²) in [6.45, 7) is 6.02. The van der Waals surface area contributed by atoms with Crippen LogP contribution in [0.4, 0.5) is 5.82 Å². The second-order valence-corrected chi connectivity index (χ2v) is 5.94. The van der Waals surface area contributed by atoms with Crippen molar-refractivity contribution in [2.45, 2.75) is 20.3 Å². The highest BCUT2D eigenvalue weighted by Crippen LogP contribution is 2.29. The molecule has 0 saturated heterocycles. The zero-order chi connectivity index (χ0) is 17.8. The van der Waals surface area contributed by atoms with Crippen LogP contribution in [0.1, 0.15) is 19.4 Å². The van der Waals surface area contributed by atoms with Crippen LogP contribution < -0.4 is 10.6 Å². The molecule has 2 N–H and O–H groups in total. The number of carbonyl (C=O) groups is 1. The standard InChI is InChI=1S/C20H22N4O/c1-3-24(4-2)20-17-12-16(8-9-18(17)22-13-23-20)15-7-5-6-14(10-15)11-19(21)25/h5-10,12-13H,3-4,11H2,1-2H3,(H2,21,25). The number of rotatable bonds is 6. The van der Waals surface area contributed by atoms with E-state index >= 15 is 0 Å². The number of amides is 1. The van der Waals surface area contributed by atoms with E-state index in [1.165, 1.54) is 0 Å². The maximum absolute atomic E-state index is 11.2. The minimum atomic E-state index is -0.326. The first kappa shape index (κ1) is 16.9. The highest BCUT2D eigenvalue weighted by atomic mass is 16.1. The van der Waals surface area contributed by atoms with Crippen LogP contribution >= 0.6 is 0 Å². The van der Waals surface area contributed by atoms with Gasteiger partial charge in [-0.1, -0.05) is 30.3 Å². The molecule has 0 aliphatic heterocycles. The van der Waals surface area contributed by atoms with Gasteiger partial charge in [-0.2, -0.15) is 0 Å². The fourth-order valence-corrected chi connectivity index (χ4v) is 3.06. The van der Waals surface area contributed by atoms with Crippen LogP contribution in [0, 0.1) is 0 Å². The average Bonchev–Trinajstić information content (AvgIpc) is 2.62. The number of anilines is 1. The van der Waals surface area contributed by atoms with Crippen LogP contribution in [0.2, 0.25) is 0 Å². The van der Waals surface area contributed by atoms with Crippen LogP contribution in [-0.2, 0) is 11.2 Å². The molecule has 25 heavy (non-hydrogen) atoms. The Labute approximate surface area is 147 Å². The second kappa shape index (κ2) is 7.30. The maximum Gasteiger partial charge on any atom is 0.221 e. The minimum absolute atomic E-state index is 0.245. The van der Waals surface area contributed by atoms with Gasteiger partial charge >= 0.3 is 0 Å². The minimum Gasteiger partial charge on any atom is -0.369 e. The Bertz CT molecular complexity index is 903. The quantitative estimate of drug-likeness (QED) is 0.751. The molecule has 0 aliphatic carbocycles. The summed E-state index contributed by atoms with van der Waals surface area (Å²) in [6, 6.07) is 14.1. The summed E-state index contributed by atoms with van der Waals surface area (Å²) in [4.78, 5) is 22.3. The molecule has 1 heterocycles. The van der Waals surface area contributed by atoms with Gasteiger partial charge in [-0.25, -0.2) is 9.97 Å². The molecular weight excluding hydrogens is 312 g/mol. The van der Waals surface area contributed by atoms with Crippen molar-refractivity contribution in [2.75, 3.05) is 18.0 Å². The van der Waals surface area contributed by atoms with Gasteiger partial charge in [0.05, 0.1) is 11.9 Å². The molecule has 2 aromatic carbocycles. The predicted molar refractivity (Wildman–Crippen MR) is 101 cm³/mol. The molecule has 0 saturated carbocycles. The molecule has 0 aliphatic rings. The lowest BCUT2D eigenvalue weighted by Gasteiger charge is -2.21. The highest BCUT2D eigenvalue weighted by molar-refractivity contribution is 5.93. The molecule has 0 unspecified atom stereocenters. The van der Waals surface area contributed by atoms with Gasteiger partial charge in [-0.3, -0.25) is 4.79 Å². The van der Waals surface area contributed by atoms with Crippen molar-refractivity contribution in [1.82, 2.24) is 9.97 Å². The van der Waals surface area contributed by atoms with Gasteiger partial charge in [0.15, 0.2) is 0 Å². The molecule has 1 amide bonds. The van der Waals surface area contributed by atoms with Crippen LogP contribution in [-0.4, -0.2) is 29.0 Å². The first-order valence-corrected chi connectivity index (χ1v) is 8.49. The molecule has 0 fully saturated rings. The normalized spacial score (nSPS) is 10.8. The molecule has 1 aromatic heterocycles. The van der Waals surface area contributed by atoms with Gasteiger partial charge in [0, 0.05) is 18.5 Å². The number of aromatic nitrogens is 2. The molecule has 0 radical (unpaired) electrons. The van der Waals surface area contributed by atoms with E-state index in [0.29, 0.717) is 0 Å². The third kappa shape index (κ3) is 3.60. The fourth-order valence-electron chi connectivity index (χ4n) is 3.06. The number of hydrogen-bond donors (Lipinski definition) is 1. The van der Waals surface area contributed by atoms with E-state index in [9.17, 15) is 4.79 Å². The molecule has 0 bridgehead atoms. The van der Waals surface area contributed by atoms with Gasteiger partial charge in [0.1, 0.15) is 12.1 Å². The third-order valence-electron chi connectivity index (χ3n) is 4.32. The largest absolute Gasteiger partial charge is 0.369 e. The van der Waals surface area contributed by atoms with Gasteiger partial charge in [0.25, 0.3) is 0 Å². The summed E-state index contributed by atoms with van der Waals surface area (Å²) in [5.41, 5.74) is 9.27. The molecule has 0 atom stereocenters. The molecule has 3 aromatic rings. The van der Waals surface area contributed by atoms with Crippen LogP contribution in [0.5, 0.6) is 0 Å². The summed E-state index contributed by atoms with van der Waals surface area (Å²) < 4.78 is 0. The van der Waals surface area contributed by atoms with Crippen LogP contribution in [0.3, 0.4) is 0 Å². The zero-order valence-corrected chi connectivity index (χ0v) is 14.6. The first-order chi connectivity index (χ1) is 12.1. The van der Waals surface area contributed by atoms with E-state index in [-0.39, 0.29) is 12.3 Å². The molecule has 3 rings (SSSR count). The van der Waals surface area contributed by atoms with Crippen molar-refractivity contribution in [2.24, 2.45) is 5.73 Å². The number of nitrogens with two attached hydrogens (primary N) is 1. The zero-order valence-electron chi connectivity index (χ0n) is 14.6. The summed E-state index contributed by atoms with van der Waals surface area (Å²) in [5.74, 6) is 0.623. The number of primary amides is 1. The van der Waals surface area contributed by atoms with Crippen molar-refractivity contribution in [3.63, 3.8) is 0 Å². The first-order valence-electron chi connectivity index (χ1n) is 8.49. The van der Waals surface area contributed by atoms with Crippen molar-refractivity contribution in [3.05, 3.63) is 54.4 Å². The number of fused-ring (bicyclic) bond motifs is 1. The SMILES string of the molecule is CCN(CC)c1ncnc2ccc(-c3cccc(CC(N)=O)c3)cc12. The fraction of sp³-hybridized carbons (Fsp3) is 0.250. The molecule has 128 valence electrons. The molecule has 5 heteroatoms. The van der Waals surface area contributed by atoms with E-state index in [0.717, 1.165) is 46.5 Å². The Morgan fingerprint density at radius 1 is 1.04 bits per heavy atom. The summed E-state index contributed by atoms with van der Waals surface area (Å²) >= 11 is 0. The average molecular weight is 334 g/mol. The Morgan fingerprint density at radius 3 is 2.52 bits per heavy atom. The summed E-state index contributed by atoms with van der Waals surface area (Å²) in [6.07, 6.45) is 1.86. The number of hydrogen-bond acceptors (Lipinski definition) is 4. The third-order valence-corrected chi connectivity index (χ3v) is 4.32. The van der Waals surface area contributed by atoms with E-state index in [4.69, 9.17) is 5.73 Å². The lowest BCUT2D eigenvalue weighted by Crippen LogP contribution is -2.23. The Morgan fingerprint density at radius 2 is 1.80 bits per heavy atom. The van der Waals surface area contributed by atoms with Crippen molar-refractivity contribution in [3.8, 4) is 11.1 Å². The molecule has 0 spiro atoms. The number of benzene rings is 2. The van der Waals surface area contributed by atoms with E-state index in [1.54, 1.807) is 6.33 Å². The number of carbonyl (C=O) groups excluding carboxylic acids is 1. The van der Waals surface area contributed by atoms with Gasteiger partial charge in [-0.15, -0.1) is 0 Å². The lowest BCUT2D eigenvalue weighted by atomic mass is 10.00. The van der Waals surface area contributed by atoms with Crippen molar-refractivity contribution >= 4 is 22.6 Å². The van der Waals surface area contributed by atoms with Gasteiger partial charge < -0.3 is 10.6 Å². The molecule has 5 nitrogen and oxygen atoms in total. The van der Waals surface area contributed by atoms with Crippen molar-refractivity contribution in [1.29, 1.82) is 0 Å². The Balaban J connectivity index is 2.09. The monoisotopic (exact) mass is 334 g/mol. The smallest absolute Gasteiger partial charge is 0.221 e. The van der Waals surface area contributed by atoms with E-state index in [2.05, 4.69) is 34.8 Å². The topological polar surface area (TPSA) is 72.1 Å². The highest BCUT2D eigenvalue weighted by Gasteiger charge is 2.11. The van der Waals surface area contributed by atoms with Gasteiger partial charge in [0.2, 0.25) is 5.91 Å². The summed E-state index contributed by atoms with van der Waals surface area (Å²) in [5, 5.41) is 1.03. The van der Waals surface area contributed by atoms with Crippen molar-refractivity contribution < 1.29 is 4.79 Å². The second-order valence-electron chi connectivity index (χ2n) is 5.94. The van der Waals surface area contributed by atoms with Crippen LogP contribution in [0.25, 0.3) is 22.0 Å². The summed E-state index contributed by atoms with van der Waals surface area (Å²) in [7, 11) is 0. The molecular formula is C20H22N4O. The van der Waals surface area contributed by atoms with Gasteiger partial charge in [-0.05, 0) is 42.7 Å². The van der Waals surface area contributed by atoms with Crippen LogP contribution in [0.15, 0.2) is 48.8 Å². The number of nitrogens with zero attached hydrogens (tertiary/aromatic N) is 3. The van der Waals surface area contributed by atoms with E-state index in [1.807, 2.05) is 36.4 Å². The Hall–Kier alpha value is -2.95. The predicted octanol–water partition coefficient (Wildman–Crippen LogP) is 3.17. The maximum atomic E-state index is 11.2. The Kier molecular flexibility index (Phi) is 4.93. The lowest BCUT2D eigenvalue weighted by molar-refractivity contribution is -0.117. The van der Waals surface area contributed by atoms with E-state index < -0.39 is 0 Å².